The lowest BCUT2D eigenvalue weighted by Crippen LogP contribution is -2.34. The van der Waals surface area contributed by atoms with E-state index in [4.69, 9.17) is 23.2 Å². The lowest BCUT2D eigenvalue weighted by Gasteiger charge is -2.29. The Labute approximate surface area is 213 Å². The summed E-state index contributed by atoms with van der Waals surface area (Å²) in [6.07, 6.45) is 2.36. The highest BCUT2D eigenvalue weighted by Gasteiger charge is 2.53. The predicted octanol–water partition coefficient (Wildman–Crippen LogP) is 4.64. The van der Waals surface area contributed by atoms with Crippen molar-refractivity contribution in [2.75, 3.05) is 0 Å². The molecular formula is C27H24Cl2N2O4. The molecule has 2 aromatic rings. The zero-order chi connectivity index (χ0) is 24.9. The van der Waals surface area contributed by atoms with Crippen molar-refractivity contribution in [3.05, 3.63) is 81.4 Å². The van der Waals surface area contributed by atoms with Crippen LogP contribution in [-0.4, -0.2) is 33.4 Å². The van der Waals surface area contributed by atoms with Crippen molar-refractivity contribution in [1.29, 1.82) is 0 Å². The van der Waals surface area contributed by atoms with Crippen LogP contribution in [0.1, 0.15) is 30.9 Å². The molecule has 4 amide bonds. The Balaban J connectivity index is 1.34. The molecule has 0 radical (unpaired) electrons. The second kappa shape index (κ2) is 9.25. The zero-order valence-electron chi connectivity index (χ0n) is 19.1. The van der Waals surface area contributed by atoms with Gasteiger partial charge in [-0.25, -0.2) is 0 Å². The van der Waals surface area contributed by atoms with E-state index in [1.54, 1.807) is 36.4 Å². The first-order chi connectivity index (χ1) is 16.8. The van der Waals surface area contributed by atoms with Crippen molar-refractivity contribution in [3.63, 3.8) is 0 Å². The minimum Gasteiger partial charge on any atom is -0.278 e. The monoisotopic (exact) mass is 510 g/mol. The first-order valence-electron chi connectivity index (χ1n) is 11.6. The Morgan fingerprint density at radius 3 is 1.91 bits per heavy atom. The van der Waals surface area contributed by atoms with Gasteiger partial charge in [0.2, 0.25) is 23.6 Å². The highest BCUT2D eigenvalue weighted by Crippen LogP contribution is 2.45. The van der Waals surface area contributed by atoms with Crippen LogP contribution in [0.25, 0.3) is 0 Å². The number of carbonyl (C=O) groups excluding carboxylic acids is 4. The van der Waals surface area contributed by atoms with Crippen molar-refractivity contribution >= 4 is 46.8 Å². The van der Waals surface area contributed by atoms with Crippen molar-refractivity contribution in [2.45, 2.75) is 32.9 Å². The summed E-state index contributed by atoms with van der Waals surface area (Å²) < 4.78 is 0. The van der Waals surface area contributed by atoms with Gasteiger partial charge in [-0.2, -0.15) is 0 Å². The maximum atomic E-state index is 13.3. The number of allylic oxidation sites excluding steroid dienone is 1. The van der Waals surface area contributed by atoms with Crippen molar-refractivity contribution in [2.24, 2.45) is 23.7 Å². The number of fused-ring (bicyclic) bond motifs is 1. The van der Waals surface area contributed by atoms with E-state index in [0.29, 0.717) is 27.6 Å². The third-order valence-electron chi connectivity index (χ3n) is 7.38. The summed E-state index contributed by atoms with van der Waals surface area (Å²) in [5.74, 6) is -2.91. The number of hydrogen-bond acceptors (Lipinski definition) is 4. The smallest absolute Gasteiger partial charge is 0.237 e. The van der Waals surface area contributed by atoms with Gasteiger partial charge in [-0.15, -0.1) is 0 Å². The molecule has 8 heteroatoms. The van der Waals surface area contributed by atoms with Gasteiger partial charge < -0.3 is 0 Å². The van der Waals surface area contributed by atoms with E-state index in [1.165, 1.54) is 9.80 Å². The molecule has 180 valence electrons. The van der Waals surface area contributed by atoms with E-state index in [1.807, 2.05) is 25.1 Å². The third kappa shape index (κ3) is 4.19. The van der Waals surface area contributed by atoms with Crippen molar-refractivity contribution < 1.29 is 19.2 Å². The molecule has 2 saturated heterocycles. The summed E-state index contributed by atoms with van der Waals surface area (Å²) in [6, 6.07) is 14.3. The molecule has 0 N–H and O–H groups in total. The van der Waals surface area contributed by atoms with Gasteiger partial charge in [0.1, 0.15) is 0 Å². The van der Waals surface area contributed by atoms with Gasteiger partial charge in [0, 0.05) is 16.5 Å². The molecule has 35 heavy (non-hydrogen) atoms. The highest BCUT2D eigenvalue weighted by molar-refractivity contribution is 6.31. The molecule has 3 aliphatic rings. The second-order valence-electron chi connectivity index (χ2n) is 9.47. The zero-order valence-corrected chi connectivity index (χ0v) is 20.6. The van der Waals surface area contributed by atoms with Gasteiger partial charge in [0.25, 0.3) is 0 Å². The van der Waals surface area contributed by atoms with Crippen LogP contribution < -0.4 is 0 Å². The molecule has 4 atom stereocenters. The number of hydrogen-bond donors (Lipinski definition) is 0. The van der Waals surface area contributed by atoms with Crippen LogP contribution in [0.4, 0.5) is 0 Å². The molecule has 2 heterocycles. The highest BCUT2D eigenvalue weighted by atomic mass is 35.5. The quantitative estimate of drug-likeness (QED) is 0.433. The summed E-state index contributed by atoms with van der Waals surface area (Å²) in [5.41, 5.74) is 2.19. The maximum Gasteiger partial charge on any atom is 0.237 e. The van der Waals surface area contributed by atoms with E-state index in [9.17, 15) is 19.2 Å². The molecule has 0 bridgehead atoms. The average molecular weight is 511 g/mol. The largest absolute Gasteiger partial charge is 0.278 e. The van der Waals surface area contributed by atoms with Crippen LogP contribution in [0.2, 0.25) is 10.0 Å². The molecular weight excluding hydrogens is 487 g/mol. The molecule has 1 aliphatic carbocycles. The first-order valence-corrected chi connectivity index (χ1v) is 12.4. The summed E-state index contributed by atoms with van der Waals surface area (Å²) in [4.78, 5) is 55.1. The van der Waals surface area contributed by atoms with Gasteiger partial charge >= 0.3 is 0 Å². The summed E-state index contributed by atoms with van der Waals surface area (Å²) in [7, 11) is 0. The molecule has 0 saturated carbocycles. The number of halogens is 2. The average Bonchev–Trinajstić information content (AvgIpc) is 3.24. The summed E-state index contributed by atoms with van der Waals surface area (Å²) >= 11 is 12.5. The van der Waals surface area contributed by atoms with Crippen LogP contribution in [0, 0.1) is 23.7 Å². The number of rotatable bonds is 5. The number of likely N-dealkylation sites (tertiary alicyclic amines) is 2. The van der Waals surface area contributed by atoms with Crippen LogP contribution >= 0.6 is 23.2 Å². The molecule has 0 aromatic heterocycles. The number of benzene rings is 2. The molecule has 0 unspecified atom stereocenters. The molecule has 5 rings (SSSR count). The topological polar surface area (TPSA) is 74.8 Å². The van der Waals surface area contributed by atoms with Crippen molar-refractivity contribution in [3.8, 4) is 0 Å². The van der Waals surface area contributed by atoms with Crippen LogP contribution in [0.5, 0.6) is 0 Å². The number of nitrogens with zero attached hydrogens (tertiary/aromatic N) is 2. The van der Waals surface area contributed by atoms with Gasteiger partial charge in [-0.05, 0) is 42.5 Å². The van der Waals surface area contributed by atoms with Gasteiger partial charge in [0.05, 0.1) is 30.8 Å². The number of carbonyl (C=O) groups is 4. The molecule has 2 aliphatic heterocycles. The van der Waals surface area contributed by atoms with E-state index in [0.717, 1.165) is 5.57 Å². The van der Waals surface area contributed by atoms with E-state index in [2.05, 4.69) is 0 Å². The normalized spacial score (nSPS) is 26.4. The van der Waals surface area contributed by atoms with Crippen molar-refractivity contribution in [1.82, 2.24) is 9.80 Å². The standard InChI is InChI=1S/C27H24Cl2N2O4/c1-15-10-18(19-12-23(32)30(25(19)33)13-16-6-2-4-8-21(16)28)11-20-24(15)27(35)31(26(20)34)14-17-7-3-5-9-22(17)29/h2-10,18-20,24H,11-14H2,1H3/t18-,19-,20+,24+/m0/s1. The van der Waals surface area contributed by atoms with Crippen LogP contribution in [0.15, 0.2) is 60.2 Å². The molecule has 2 fully saturated rings. The van der Waals surface area contributed by atoms with E-state index >= 15 is 0 Å². The Hall–Kier alpha value is -2.96. The molecule has 6 nitrogen and oxygen atoms in total. The van der Waals surface area contributed by atoms with Crippen LogP contribution in [-0.2, 0) is 32.3 Å². The molecule has 0 spiro atoms. The second-order valence-corrected chi connectivity index (χ2v) is 10.3. The minimum absolute atomic E-state index is 0.0839. The third-order valence-corrected chi connectivity index (χ3v) is 8.12. The minimum atomic E-state index is -0.554. The lowest BCUT2D eigenvalue weighted by molar-refractivity contribution is -0.142. The lowest BCUT2D eigenvalue weighted by atomic mass is 9.71. The van der Waals surface area contributed by atoms with E-state index < -0.39 is 17.8 Å². The Morgan fingerprint density at radius 2 is 1.31 bits per heavy atom. The predicted molar refractivity (Wildman–Crippen MR) is 131 cm³/mol. The first kappa shape index (κ1) is 23.8. The summed E-state index contributed by atoms with van der Waals surface area (Å²) in [5, 5.41) is 1.00. The fourth-order valence-electron chi connectivity index (χ4n) is 5.58. The Morgan fingerprint density at radius 1 is 0.771 bits per heavy atom. The number of imide groups is 2. The van der Waals surface area contributed by atoms with Crippen LogP contribution in [0.3, 0.4) is 0 Å². The van der Waals surface area contributed by atoms with E-state index in [-0.39, 0.29) is 49.1 Å². The number of amides is 4. The summed E-state index contributed by atoms with van der Waals surface area (Å²) in [6.45, 7) is 2.07. The van der Waals surface area contributed by atoms with Gasteiger partial charge in [-0.1, -0.05) is 71.2 Å². The van der Waals surface area contributed by atoms with Gasteiger partial charge in [0.15, 0.2) is 0 Å². The fourth-order valence-corrected chi connectivity index (χ4v) is 5.97. The molecule has 2 aromatic carbocycles. The Bertz CT molecular complexity index is 1270. The maximum absolute atomic E-state index is 13.3. The Kier molecular flexibility index (Phi) is 6.28. The fraction of sp³-hybridized carbons (Fsp3) is 0.333. The SMILES string of the molecule is CC1=C[C@H]([C@@H]2CC(=O)N(Cc3ccccc3Cl)C2=O)C[C@H]2C(=O)N(Cc3ccccc3Cl)C(=O)[C@H]12. The van der Waals surface area contributed by atoms with Gasteiger partial charge in [-0.3, -0.25) is 29.0 Å².